The molecule has 2 saturated heterocycles. The van der Waals surface area contributed by atoms with Crippen molar-refractivity contribution < 1.29 is 9.59 Å². The molecule has 2 amide bonds. The molecule has 0 aromatic heterocycles. The molecule has 1 aromatic carbocycles. The maximum Gasteiger partial charge on any atom is 0.227 e. The Morgan fingerprint density at radius 3 is 2.52 bits per heavy atom. The molecule has 2 heterocycles. The number of nitrogens with zero attached hydrogens (tertiary/aromatic N) is 2. The second-order valence-corrected chi connectivity index (χ2v) is 8.18. The van der Waals surface area contributed by atoms with Crippen molar-refractivity contribution in [2.24, 2.45) is 5.92 Å². The molecular formula is C21H28ClN3O2. The predicted octanol–water partition coefficient (Wildman–Crippen LogP) is 3.24. The van der Waals surface area contributed by atoms with Gasteiger partial charge in [-0.25, -0.2) is 0 Å². The number of halogens is 1. The number of anilines is 1. The van der Waals surface area contributed by atoms with E-state index in [1.165, 1.54) is 5.57 Å². The first-order valence-corrected chi connectivity index (χ1v) is 10.0. The SMILES string of the molecule is CC(C)=CCN1CCC(NC(=O)C2CC(=O)N(c3ccc(Cl)cc3)C2)CC1. The van der Waals surface area contributed by atoms with E-state index < -0.39 is 0 Å². The number of rotatable bonds is 5. The number of allylic oxidation sites excluding steroid dienone is 1. The van der Waals surface area contributed by atoms with Crippen molar-refractivity contribution in [3.05, 3.63) is 40.9 Å². The van der Waals surface area contributed by atoms with Crippen LogP contribution in [0.4, 0.5) is 5.69 Å². The van der Waals surface area contributed by atoms with Gasteiger partial charge in [-0.1, -0.05) is 23.3 Å². The first-order valence-electron chi connectivity index (χ1n) is 9.64. The second-order valence-electron chi connectivity index (χ2n) is 7.75. The summed E-state index contributed by atoms with van der Waals surface area (Å²) < 4.78 is 0. The zero-order valence-corrected chi connectivity index (χ0v) is 16.8. The lowest BCUT2D eigenvalue weighted by Gasteiger charge is -2.32. The van der Waals surface area contributed by atoms with Crippen molar-refractivity contribution in [2.45, 2.75) is 39.2 Å². The molecule has 0 bridgehead atoms. The molecule has 2 aliphatic rings. The number of carbonyl (C=O) groups is 2. The van der Waals surface area contributed by atoms with Crippen molar-refractivity contribution >= 4 is 29.1 Å². The first-order chi connectivity index (χ1) is 12.9. The Hall–Kier alpha value is -1.85. The molecule has 146 valence electrons. The topological polar surface area (TPSA) is 52.7 Å². The van der Waals surface area contributed by atoms with E-state index in [1.807, 2.05) is 12.1 Å². The molecule has 1 N–H and O–H groups in total. The quantitative estimate of drug-likeness (QED) is 0.786. The summed E-state index contributed by atoms with van der Waals surface area (Å²) in [6.45, 7) is 7.64. The van der Waals surface area contributed by atoms with Crippen LogP contribution < -0.4 is 10.2 Å². The molecule has 27 heavy (non-hydrogen) atoms. The average molecular weight is 390 g/mol. The predicted molar refractivity (Wildman–Crippen MR) is 109 cm³/mol. The van der Waals surface area contributed by atoms with E-state index in [0.717, 1.165) is 38.2 Å². The lowest BCUT2D eigenvalue weighted by atomic mass is 10.0. The fourth-order valence-corrected chi connectivity index (χ4v) is 3.77. The van der Waals surface area contributed by atoms with Crippen LogP contribution in [-0.2, 0) is 9.59 Å². The van der Waals surface area contributed by atoms with Crippen molar-refractivity contribution in [1.82, 2.24) is 10.2 Å². The van der Waals surface area contributed by atoms with Crippen LogP contribution in [0, 0.1) is 5.92 Å². The number of likely N-dealkylation sites (tertiary alicyclic amines) is 1. The van der Waals surface area contributed by atoms with Crippen LogP contribution >= 0.6 is 11.6 Å². The fourth-order valence-electron chi connectivity index (χ4n) is 3.64. The maximum atomic E-state index is 12.7. The standard InChI is InChI=1S/C21H28ClN3O2/c1-15(2)7-10-24-11-8-18(9-12-24)23-21(27)16-13-20(26)25(14-16)19-5-3-17(22)4-6-19/h3-7,16,18H,8-14H2,1-2H3,(H,23,27). The van der Waals surface area contributed by atoms with Crippen LogP contribution in [0.1, 0.15) is 33.1 Å². The van der Waals surface area contributed by atoms with Crippen LogP contribution in [0.3, 0.4) is 0 Å². The molecule has 0 spiro atoms. The summed E-state index contributed by atoms with van der Waals surface area (Å²) in [5.41, 5.74) is 2.13. The smallest absolute Gasteiger partial charge is 0.227 e. The normalized spacial score (nSPS) is 21.4. The van der Waals surface area contributed by atoms with E-state index >= 15 is 0 Å². The van der Waals surface area contributed by atoms with E-state index in [1.54, 1.807) is 17.0 Å². The minimum atomic E-state index is -0.281. The molecule has 1 unspecified atom stereocenters. The highest BCUT2D eigenvalue weighted by Crippen LogP contribution is 2.26. The Morgan fingerprint density at radius 2 is 1.89 bits per heavy atom. The van der Waals surface area contributed by atoms with Crippen LogP contribution in [0.15, 0.2) is 35.9 Å². The number of hydrogen-bond donors (Lipinski definition) is 1. The van der Waals surface area contributed by atoms with Gasteiger partial charge in [-0.3, -0.25) is 14.5 Å². The third kappa shape index (κ3) is 5.33. The second kappa shape index (κ2) is 8.89. The van der Waals surface area contributed by atoms with Crippen molar-refractivity contribution in [3.8, 4) is 0 Å². The van der Waals surface area contributed by atoms with E-state index in [9.17, 15) is 9.59 Å². The van der Waals surface area contributed by atoms with Gasteiger partial charge in [0.15, 0.2) is 0 Å². The fraction of sp³-hybridized carbons (Fsp3) is 0.524. The summed E-state index contributed by atoms with van der Waals surface area (Å²) in [5.74, 6) is -0.284. The average Bonchev–Trinajstić information content (AvgIpc) is 3.03. The molecule has 1 aromatic rings. The Labute approximate surface area is 166 Å². The summed E-state index contributed by atoms with van der Waals surface area (Å²) in [6.07, 6.45) is 4.44. The number of piperidine rings is 1. The van der Waals surface area contributed by atoms with Gasteiger partial charge in [0.25, 0.3) is 0 Å². The minimum absolute atomic E-state index is 0.00237. The summed E-state index contributed by atoms with van der Waals surface area (Å²) in [4.78, 5) is 29.1. The molecule has 2 fully saturated rings. The number of nitrogens with one attached hydrogen (secondary N) is 1. The first kappa shape index (κ1) is 19.9. The summed E-state index contributed by atoms with van der Waals surface area (Å²) in [7, 11) is 0. The number of carbonyl (C=O) groups excluding carboxylic acids is 2. The Kier molecular flexibility index (Phi) is 6.55. The monoisotopic (exact) mass is 389 g/mol. The third-order valence-corrected chi connectivity index (χ3v) is 5.58. The van der Waals surface area contributed by atoms with E-state index in [2.05, 4.69) is 30.1 Å². The van der Waals surface area contributed by atoms with Crippen LogP contribution in [0.25, 0.3) is 0 Å². The van der Waals surface area contributed by atoms with Crippen LogP contribution in [0.2, 0.25) is 5.02 Å². The lowest BCUT2D eigenvalue weighted by molar-refractivity contribution is -0.127. The molecule has 2 aliphatic heterocycles. The van der Waals surface area contributed by atoms with Gasteiger partial charge in [-0.15, -0.1) is 0 Å². The van der Waals surface area contributed by atoms with Gasteiger partial charge in [0, 0.05) is 49.4 Å². The van der Waals surface area contributed by atoms with Crippen LogP contribution in [0.5, 0.6) is 0 Å². The molecule has 5 nitrogen and oxygen atoms in total. The molecule has 3 rings (SSSR count). The summed E-state index contributed by atoms with van der Waals surface area (Å²) in [6, 6.07) is 7.38. The van der Waals surface area contributed by atoms with Gasteiger partial charge < -0.3 is 10.2 Å². The van der Waals surface area contributed by atoms with Crippen molar-refractivity contribution in [2.75, 3.05) is 31.1 Å². The van der Waals surface area contributed by atoms with E-state index in [4.69, 9.17) is 11.6 Å². The number of hydrogen-bond acceptors (Lipinski definition) is 3. The largest absolute Gasteiger partial charge is 0.353 e. The van der Waals surface area contributed by atoms with Crippen molar-refractivity contribution in [3.63, 3.8) is 0 Å². The molecule has 0 radical (unpaired) electrons. The number of amides is 2. The Bertz CT molecular complexity index is 705. The third-order valence-electron chi connectivity index (χ3n) is 5.33. The van der Waals surface area contributed by atoms with Crippen molar-refractivity contribution in [1.29, 1.82) is 0 Å². The van der Waals surface area contributed by atoms with Gasteiger partial charge in [-0.2, -0.15) is 0 Å². The van der Waals surface area contributed by atoms with Crippen LogP contribution in [-0.4, -0.2) is 48.9 Å². The molecule has 1 atom stereocenters. The lowest BCUT2D eigenvalue weighted by Crippen LogP contribution is -2.46. The van der Waals surface area contributed by atoms with Gasteiger partial charge in [0.2, 0.25) is 11.8 Å². The molecule has 0 aliphatic carbocycles. The van der Waals surface area contributed by atoms with E-state index in [0.29, 0.717) is 11.6 Å². The number of benzene rings is 1. The Balaban J connectivity index is 1.49. The van der Waals surface area contributed by atoms with Gasteiger partial charge in [0.1, 0.15) is 0 Å². The Morgan fingerprint density at radius 1 is 1.22 bits per heavy atom. The minimum Gasteiger partial charge on any atom is -0.353 e. The highest BCUT2D eigenvalue weighted by atomic mass is 35.5. The highest BCUT2D eigenvalue weighted by molar-refractivity contribution is 6.30. The summed E-state index contributed by atoms with van der Waals surface area (Å²) in [5, 5.41) is 3.80. The zero-order valence-electron chi connectivity index (χ0n) is 16.1. The van der Waals surface area contributed by atoms with Gasteiger partial charge >= 0.3 is 0 Å². The maximum absolute atomic E-state index is 12.7. The zero-order chi connectivity index (χ0) is 19.4. The van der Waals surface area contributed by atoms with E-state index in [-0.39, 0.29) is 30.2 Å². The molecule has 6 heteroatoms. The molecule has 0 saturated carbocycles. The van der Waals surface area contributed by atoms with Gasteiger partial charge in [-0.05, 0) is 51.0 Å². The van der Waals surface area contributed by atoms with Gasteiger partial charge in [0.05, 0.1) is 5.92 Å². The summed E-state index contributed by atoms with van der Waals surface area (Å²) >= 11 is 5.91. The highest BCUT2D eigenvalue weighted by Gasteiger charge is 2.36. The molecular weight excluding hydrogens is 362 g/mol.